The predicted molar refractivity (Wildman–Crippen MR) is 62.8 cm³/mol. The zero-order valence-electron chi connectivity index (χ0n) is 10.9. The van der Waals surface area contributed by atoms with Crippen LogP contribution in [0.1, 0.15) is 29.9 Å². The normalized spacial score (nSPS) is 11.7. The highest BCUT2D eigenvalue weighted by Crippen LogP contribution is 2.30. The number of carboxylic acids is 1. The van der Waals surface area contributed by atoms with Crippen molar-refractivity contribution in [3.63, 3.8) is 0 Å². The summed E-state index contributed by atoms with van der Waals surface area (Å²) in [6.07, 6.45) is -4.73. The van der Waals surface area contributed by atoms with Crippen molar-refractivity contribution in [2.45, 2.75) is 26.1 Å². The number of rotatable bonds is 6. The molecule has 112 valence electrons. The molecule has 0 bridgehead atoms. The highest BCUT2D eigenvalue weighted by atomic mass is 19.4. The lowest BCUT2D eigenvalue weighted by atomic mass is 10.2. The summed E-state index contributed by atoms with van der Waals surface area (Å²) in [5, 5.41) is 8.87. The van der Waals surface area contributed by atoms with Crippen LogP contribution in [0.3, 0.4) is 0 Å². The molecule has 0 aliphatic rings. The third-order valence-corrected chi connectivity index (χ3v) is 2.15. The Labute approximate surface area is 113 Å². The summed E-state index contributed by atoms with van der Waals surface area (Å²) in [7, 11) is 0. The van der Waals surface area contributed by atoms with Gasteiger partial charge in [0, 0.05) is 0 Å². The molecule has 0 amide bonds. The number of alkyl halides is 3. The maximum atomic E-state index is 12.5. The molecule has 0 atom stereocenters. The monoisotopic (exact) mass is 293 g/mol. The maximum Gasteiger partial charge on any atom is 0.433 e. The summed E-state index contributed by atoms with van der Waals surface area (Å²) >= 11 is 0. The van der Waals surface area contributed by atoms with E-state index in [4.69, 9.17) is 14.6 Å². The Bertz CT molecular complexity index is 474. The summed E-state index contributed by atoms with van der Waals surface area (Å²) in [6.45, 7) is 3.60. The molecule has 0 spiro atoms. The third-order valence-electron chi connectivity index (χ3n) is 2.15. The molecule has 0 saturated carbocycles. The molecule has 1 rings (SSSR count). The van der Waals surface area contributed by atoms with E-state index in [1.807, 2.05) is 0 Å². The van der Waals surface area contributed by atoms with Crippen molar-refractivity contribution in [2.24, 2.45) is 0 Å². The quantitative estimate of drug-likeness (QED) is 0.816. The summed E-state index contributed by atoms with van der Waals surface area (Å²) < 4.78 is 47.6. The van der Waals surface area contributed by atoms with Gasteiger partial charge in [-0.3, -0.25) is 0 Å². The number of pyridine rings is 1. The Hall–Kier alpha value is -1.83. The Balaban J connectivity index is 2.87. The second-order valence-electron chi connectivity index (χ2n) is 4.12. The molecule has 0 radical (unpaired) electrons. The van der Waals surface area contributed by atoms with Crippen LogP contribution in [-0.4, -0.2) is 35.4 Å². The minimum absolute atomic E-state index is 0.0630. The largest absolute Gasteiger partial charge is 0.477 e. The summed E-state index contributed by atoms with van der Waals surface area (Å²) in [6, 6.07) is 1.41. The van der Waals surface area contributed by atoms with Crippen LogP contribution in [0.4, 0.5) is 13.2 Å². The first kappa shape index (κ1) is 16.2. The lowest BCUT2D eigenvalue weighted by Gasteiger charge is -2.12. The van der Waals surface area contributed by atoms with Gasteiger partial charge in [-0.25, -0.2) is 9.78 Å². The van der Waals surface area contributed by atoms with Gasteiger partial charge in [0.05, 0.1) is 12.7 Å². The molecular weight excluding hydrogens is 279 g/mol. The van der Waals surface area contributed by atoms with Gasteiger partial charge in [0.2, 0.25) is 5.88 Å². The molecule has 0 unspecified atom stereocenters. The van der Waals surface area contributed by atoms with Crippen molar-refractivity contribution in [3.05, 3.63) is 23.4 Å². The van der Waals surface area contributed by atoms with Crippen LogP contribution in [0.15, 0.2) is 12.1 Å². The minimum Gasteiger partial charge on any atom is -0.477 e. The molecule has 0 aliphatic carbocycles. The molecule has 1 aromatic heterocycles. The molecule has 0 aliphatic heterocycles. The first-order chi connectivity index (χ1) is 9.21. The van der Waals surface area contributed by atoms with Crippen LogP contribution in [0, 0.1) is 0 Å². The Morgan fingerprint density at radius 1 is 1.35 bits per heavy atom. The summed E-state index contributed by atoms with van der Waals surface area (Å²) in [5.41, 5.74) is -1.63. The summed E-state index contributed by atoms with van der Waals surface area (Å²) in [4.78, 5) is 14.1. The van der Waals surface area contributed by atoms with E-state index in [0.29, 0.717) is 6.07 Å². The van der Waals surface area contributed by atoms with Gasteiger partial charge in [0.25, 0.3) is 0 Å². The molecule has 1 heterocycles. The highest BCUT2D eigenvalue weighted by Gasteiger charge is 2.33. The van der Waals surface area contributed by atoms with Crippen molar-refractivity contribution in [1.82, 2.24) is 4.98 Å². The Morgan fingerprint density at radius 3 is 2.50 bits per heavy atom. The van der Waals surface area contributed by atoms with Crippen LogP contribution in [0.2, 0.25) is 0 Å². The van der Waals surface area contributed by atoms with E-state index in [0.717, 1.165) is 6.07 Å². The van der Waals surface area contributed by atoms with Gasteiger partial charge < -0.3 is 14.6 Å². The standard InChI is InChI=1S/C12H14F3NO4/c1-7(2)19-5-6-20-10-8(11(17)18)3-4-9(16-10)12(13,14)15/h3-4,7H,5-6H2,1-2H3,(H,17,18). The third kappa shape index (κ3) is 4.69. The minimum atomic E-state index is -4.66. The molecule has 0 saturated heterocycles. The Morgan fingerprint density at radius 2 is 2.00 bits per heavy atom. The zero-order valence-corrected chi connectivity index (χ0v) is 10.9. The van der Waals surface area contributed by atoms with Gasteiger partial charge in [-0.05, 0) is 26.0 Å². The fourth-order valence-electron chi connectivity index (χ4n) is 1.29. The summed E-state index contributed by atoms with van der Waals surface area (Å²) in [5.74, 6) is -1.98. The molecule has 1 aromatic rings. The molecule has 1 N–H and O–H groups in total. The van der Waals surface area contributed by atoms with Gasteiger partial charge in [0.15, 0.2) is 0 Å². The molecule has 5 nitrogen and oxygen atoms in total. The van der Waals surface area contributed by atoms with E-state index in [-0.39, 0.29) is 19.3 Å². The van der Waals surface area contributed by atoms with Crippen molar-refractivity contribution in [2.75, 3.05) is 13.2 Å². The van der Waals surface area contributed by atoms with Gasteiger partial charge in [-0.1, -0.05) is 0 Å². The van der Waals surface area contributed by atoms with Crippen LogP contribution in [0.5, 0.6) is 5.88 Å². The second-order valence-corrected chi connectivity index (χ2v) is 4.12. The topological polar surface area (TPSA) is 68.7 Å². The average molecular weight is 293 g/mol. The number of hydrogen-bond donors (Lipinski definition) is 1. The smallest absolute Gasteiger partial charge is 0.433 e. The first-order valence-corrected chi connectivity index (χ1v) is 5.77. The van der Waals surface area contributed by atoms with Gasteiger partial charge in [0.1, 0.15) is 17.9 Å². The van der Waals surface area contributed by atoms with E-state index >= 15 is 0 Å². The number of carbonyl (C=O) groups is 1. The highest BCUT2D eigenvalue weighted by molar-refractivity contribution is 5.90. The number of aromatic nitrogens is 1. The predicted octanol–water partition coefficient (Wildman–Crippen LogP) is 2.60. The number of hydrogen-bond acceptors (Lipinski definition) is 4. The zero-order chi connectivity index (χ0) is 15.3. The molecule has 0 aromatic carbocycles. The van der Waals surface area contributed by atoms with Crippen LogP contribution < -0.4 is 4.74 Å². The number of halogens is 3. The molecule has 20 heavy (non-hydrogen) atoms. The van der Waals surface area contributed by atoms with Crippen LogP contribution >= 0.6 is 0 Å². The molecule has 8 heteroatoms. The van der Waals surface area contributed by atoms with Crippen molar-refractivity contribution >= 4 is 5.97 Å². The fourth-order valence-corrected chi connectivity index (χ4v) is 1.29. The molecular formula is C12H14F3NO4. The van der Waals surface area contributed by atoms with Gasteiger partial charge >= 0.3 is 12.1 Å². The van der Waals surface area contributed by atoms with Crippen molar-refractivity contribution in [3.8, 4) is 5.88 Å². The average Bonchev–Trinajstić information content (AvgIpc) is 2.32. The van der Waals surface area contributed by atoms with Crippen molar-refractivity contribution < 1.29 is 32.5 Å². The van der Waals surface area contributed by atoms with E-state index in [1.54, 1.807) is 13.8 Å². The van der Waals surface area contributed by atoms with E-state index in [1.165, 1.54) is 0 Å². The van der Waals surface area contributed by atoms with E-state index in [9.17, 15) is 18.0 Å². The van der Waals surface area contributed by atoms with Crippen LogP contribution in [-0.2, 0) is 10.9 Å². The number of nitrogens with zero attached hydrogens (tertiary/aromatic N) is 1. The maximum absolute atomic E-state index is 12.5. The fraction of sp³-hybridized carbons (Fsp3) is 0.500. The van der Waals surface area contributed by atoms with Crippen LogP contribution in [0.25, 0.3) is 0 Å². The second kappa shape index (κ2) is 6.56. The molecule has 0 fully saturated rings. The van der Waals surface area contributed by atoms with Gasteiger partial charge in [-0.2, -0.15) is 13.2 Å². The Kier molecular flexibility index (Phi) is 5.32. The lowest BCUT2D eigenvalue weighted by Crippen LogP contribution is -2.16. The lowest BCUT2D eigenvalue weighted by molar-refractivity contribution is -0.141. The number of ether oxygens (including phenoxy) is 2. The van der Waals surface area contributed by atoms with Gasteiger partial charge in [-0.15, -0.1) is 0 Å². The SMILES string of the molecule is CC(C)OCCOc1nc(C(F)(F)F)ccc1C(=O)O. The number of carboxylic acid groups (broad SMARTS) is 1. The number of aromatic carboxylic acids is 1. The van der Waals surface area contributed by atoms with E-state index in [2.05, 4.69) is 4.98 Å². The first-order valence-electron chi connectivity index (χ1n) is 5.77. The van der Waals surface area contributed by atoms with E-state index < -0.39 is 29.3 Å². The van der Waals surface area contributed by atoms with Crippen molar-refractivity contribution in [1.29, 1.82) is 0 Å².